The van der Waals surface area contributed by atoms with E-state index in [1.165, 1.54) is 6.07 Å². The first kappa shape index (κ1) is 11.5. The van der Waals surface area contributed by atoms with Crippen molar-refractivity contribution in [3.63, 3.8) is 0 Å². The lowest BCUT2D eigenvalue weighted by molar-refractivity contribution is -0.385. The molecular formula is C11H12N2O4. The summed E-state index contributed by atoms with van der Waals surface area (Å²) in [7, 11) is 0. The van der Waals surface area contributed by atoms with Crippen molar-refractivity contribution < 1.29 is 14.5 Å². The van der Waals surface area contributed by atoms with Crippen LogP contribution in [-0.4, -0.2) is 35.5 Å². The maximum Gasteiger partial charge on any atom is 0.274 e. The van der Waals surface area contributed by atoms with Gasteiger partial charge in [0.1, 0.15) is 6.61 Å². The van der Waals surface area contributed by atoms with Gasteiger partial charge in [0.2, 0.25) is 5.91 Å². The molecule has 1 fully saturated rings. The second kappa shape index (κ2) is 4.92. The molecule has 0 aromatic heterocycles. The van der Waals surface area contributed by atoms with Crippen molar-refractivity contribution in [3.05, 3.63) is 39.9 Å². The fourth-order valence-corrected chi connectivity index (χ4v) is 1.75. The molecule has 0 bridgehead atoms. The highest BCUT2D eigenvalue weighted by atomic mass is 16.6. The van der Waals surface area contributed by atoms with Gasteiger partial charge in [-0.1, -0.05) is 18.2 Å². The summed E-state index contributed by atoms with van der Waals surface area (Å²) in [5.41, 5.74) is 0.597. The zero-order valence-electron chi connectivity index (χ0n) is 9.17. The van der Waals surface area contributed by atoms with Gasteiger partial charge in [0, 0.05) is 18.2 Å². The van der Waals surface area contributed by atoms with Gasteiger partial charge in [-0.15, -0.1) is 0 Å². The Morgan fingerprint density at radius 1 is 1.41 bits per heavy atom. The predicted molar refractivity (Wildman–Crippen MR) is 59.3 cm³/mol. The number of carbonyl (C=O) groups excluding carboxylic acids is 1. The van der Waals surface area contributed by atoms with Gasteiger partial charge < -0.3 is 9.64 Å². The van der Waals surface area contributed by atoms with Crippen molar-refractivity contribution in [2.75, 3.05) is 19.8 Å². The van der Waals surface area contributed by atoms with Crippen LogP contribution >= 0.6 is 0 Å². The van der Waals surface area contributed by atoms with Crippen molar-refractivity contribution in [1.82, 2.24) is 4.90 Å². The third kappa shape index (κ3) is 2.59. The van der Waals surface area contributed by atoms with Crippen LogP contribution in [0.5, 0.6) is 0 Å². The number of para-hydroxylation sites is 1. The molecule has 0 saturated carbocycles. The van der Waals surface area contributed by atoms with Crippen LogP contribution in [0, 0.1) is 10.1 Å². The number of hydrogen-bond donors (Lipinski definition) is 0. The molecular weight excluding hydrogens is 224 g/mol. The average Bonchev–Trinajstić information content (AvgIpc) is 2.32. The Kier molecular flexibility index (Phi) is 3.34. The molecule has 1 saturated heterocycles. The quantitative estimate of drug-likeness (QED) is 0.578. The topological polar surface area (TPSA) is 72.7 Å². The van der Waals surface area contributed by atoms with Crippen molar-refractivity contribution in [1.29, 1.82) is 0 Å². The lowest BCUT2D eigenvalue weighted by Gasteiger charge is -2.26. The zero-order valence-corrected chi connectivity index (χ0v) is 9.17. The van der Waals surface area contributed by atoms with E-state index in [1.54, 1.807) is 23.1 Å². The van der Waals surface area contributed by atoms with E-state index in [4.69, 9.17) is 4.74 Å². The third-order valence-corrected chi connectivity index (χ3v) is 2.63. The van der Waals surface area contributed by atoms with E-state index >= 15 is 0 Å². The lowest BCUT2D eigenvalue weighted by atomic mass is 10.1. The zero-order chi connectivity index (χ0) is 12.3. The molecule has 6 heteroatoms. The number of hydrogen-bond acceptors (Lipinski definition) is 4. The normalized spacial score (nSPS) is 16.0. The summed E-state index contributed by atoms with van der Waals surface area (Å²) in [6, 6.07) is 6.46. The minimum absolute atomic E-state index is 0.0480. The van der Waals surface area contributed by atoms with Crippen molar-refractivity contribution in [2.45, 2.75) is 6.54 Å². The summed E-state index contributed by atoms with van der Waals surface area (Å²) in [6.07, 6.45) is 0. The SMILES string of the molecule is O=C1COCCN1Cc1ccccc1[N+](=O)[O-]. The van der Waals surface area contributed by atoms with Gasteiger partial charge in [0.15, 0.2) is 0 Å². The van der Waals surface area contributed by atoms with Crippen LogP contribution < -0.4 is 0 Å². The Balaban J connectivity index is 2.17. The van der Waals surface area contributed by atoms with Crippen LogP contribution in [0.15, 0.2) is 24.3 Å². The van der Waals surface area contributed by atoms with E-state index < -0.39 is 4.92 Å². The molecule has 1 aromatic rings. The largest absolute Gasteiger partial charge is 0.370 e. The number of ether oxygens (including phenoxy) is 1. The molecule has 0 N–H and O–H groups in total. The number of carbonyl (C=O) groups is 1. The second-order valence-electron chi connectivity index (χ2n) is 3.75. The molecule has 1 aliphatic rings. The molecule has 1 aliphatic heterocycles. The first-order valence-electron chi connectivity index (χ1n) is 5.26. The minimum atomic E-state index is -0.430. The Morgan fingerprint density at radius 3 is 2.88 bits per heavy atom. The van der Waals surface area contributed by atoms with E-state index in [9.17, 15) is 14.9 Å². The molecule has 1 amide bonds. The van der Waals surface area contributed by atoms with Crippen molar-refractivity contribution in [2.24, 2.45) is 0 Å². The fraction of sp³-hybridized carbons (Fsp3) is 0.364. The lowest BCUT2D eigenvalue weighted by Crippen LogP contribution is -2.41. The number of amides is 1. The molecule has 0 spiro atoms. The molecule has 6 nitrogen and oxygen atoms in total. The molecule has 2 rings (SSSR count). The van der Waals surface area contributed by atoms with Crippen LogP contribution in [0.3, 0.4) is 0 Å². The van der Waals surface area contributed by atoms with Crippen LogP contribution in [0.25, 0.3) is 0 Å². The number of nitrogens with zero attached hydrogens (tertiary/aromatic N) is 2. The summed E-state index contributed by atoms with van der Waals surface area (Å²) < 4.78 is 5.00. The molecule has 17 heavy (non-hydrogen) atoms. The molecule has 0 unspecified atom stereocenters. The number of nitro groups is 1. The maximum absolute atomic E-state index is 11.5. The Hall–Kier alpha value is -1.95. The number of nitro benzene ring substituents is 1. The van der Waals surface area contributed by atoms with Crippen LogP contribution in [0.4, 0.5) is 5.69 Å². The highest BCUT2D eigenvalue weighted by Crippen LogP contribution is 2.20. The molecule has 90 valence electrons. The average molecular weight is 236 g/mol. The van der Waals surface area contributed by atoms with Gasteiger partial charge in [0.05, 0.1) is 18.1 Å². The van der Waals surface area contributed by atoms with Gasteiger partial charge in [-0.25, -0.2) is 0 Å². The summed E-state index contributed by atoms with van der Waals surface area (Å²) >= 11 is 0. The van der Waals surface area contributed by atoms with Crippen LogP contribution in [0.2, 0.25) is 0 Å². The third-order valence-electron chi connectivity index (χ3n) is 2.63. The predicted octanol–water partition coefficient (Wildman–Crippen LogP) is 0.954. The highest BCUT2D eigenvalue weighted by Gasteiger charge is 2.22. The van der Waals surface area contributed by atoms with Crippen LogP contribution in [0.1, 0.15) is 5.56 Å². The summed E-state index contributed by atoms with van der Waals surface area (Å²) in [5, 5.41) is 10.8. The second-order valence-corrected chi connectivity index (χ2v) is 3.75. The van der Waals surface area contributed by atoms with Gasteiger partial charge >= 0.3 is 0 Å². The van der Waals surface area contributed by atoms with E-state index in [0.717, 1.165) is 0 Å². The standard InChI is InChI=1S/C11H12N2O4/c14-11-8-17-6-5-12(11)7-9-3-1-2-4-10(9)13(15)16/h1-4H,5-8H2. The van der Waals surface area contributed by atoms with Gasteiger partial charge in [-0.3, -0.25) is 14.9 Å². The number of benzene rings is 1. The van der Waals surface area contributed by atoms with Gasteiger partial charge in [-0.2, -0.15) is 0 Å². The van der Waals surface area contributed by atoms with Crippen molar-refractivity contribution in [3.8, 4) is 0 Å². The van der Waals surface area contributed by atoms with Gasteiger partial charge in [-0.05, 0) is 0 Å². The molecule has 1 aromatic carbocycles. The molecule has 1 heterocycles. The Labute approximate surface area is 97.9 Å². The monoisotopic (exact) mass is 236 g/mol. The first-order valence-corrected chi connectivity index (χ1v) is 5.26. The summed E-state index contributed by atoms with van der Waals surface area (Å²) in [6.45, 7) is 1.28. The van der Waals surface area contributed by atoms with Crippen molar-refractivity contribution >= 4 is 11.6 Å². The number of rotatable bonds is 3. The number of morpholine rings is 1. The minimum Gasteiger partial charge on any atom is -0.370 e. The van der Waals surface area contributed by atoms with E-state index in [0.29, 0.717) is 18.7 Å². The smallest absolute Gasteiger partial charge is 0.274 e. The summed E-state index contributed by atoms with van der Waals surface area (Å²) in [4.78, 5) is 23.5. The molecule has 0 radical (unpaired) electrons. The van der Waals surface area contributed by atoms with E-state index in [-0.39, 0.29) is 24.7 Å². The Morgan fingerprint density at radius 2 is 2.18 bits per heavy atom. The highest BCUT2D eigenvalue weighted by molar-refractivity contribution is 5.78. The molecule has 0 atom stereocenters. The fourth-order valence-electron chi connectivity index (χ4n) is 1.75. The van der Waals surface area contributed by atoms with E-state index in [2.05, 4.69) is 0 Å². The van der Waals surface area contributed by atoms with Gasteiger partial charge in [0.25, 0.3) is 5.69 Å². The Bertz CT molecular complexity index is 447. The molecule has 0 aliphatic carbocycles. The summed E-state index contributed by atoms with van der Waals surface area (Å²) in [5.74, 6) is -0.130. The first-order chi connectivity index (χ1) is 8.18. The van der Waals surface area contributed by atoms with E-state index in [1.807, 2.05) is 0 Å². The van der Waals surface area contributed by atoms with Crippen LogP contribution in [-0.2, 0) is 16.1 Å². The maximum atomic E-state index is 11.5.